The van der Waals surface area contributed by atoms with Gasteiger partial charge < -0.3 is 5.11 Å². The molecule has 2 aliphatic rings. The Morgan fingerprint density at radius 3 is 2.84 bits per heavy atom. The Morgan fingerprint density at radius 1 is 1.42 bits per heavy atom. The van der Waals surface area contributed by atoms with Gasteiger partial charge in [-0.15, -0.1) is 0 Å². The van der Waals surface area contributed by atoms with Gasteiger partial charge in [-0.05, 0) is 37.2 Å². The second kappa shape index (κ2) is 7.04. The van der Waals surface area contributed by atoms with E-state index in [9.17, 15) is 9.90 Å². The average Bonchev–Trinajstić information content (AvgIpc) is 2.85. The van der Waals surface area contributed by atoms with E-state index >= 15 is 0 Å². The highest BCUT2D eigenvalue weighted by Gasteiger charge is 2.31. The lowest BCUT2D eigenvalue weighted by Crippen LogP contribution is -2.20. The van der Waals surface area contributed by atoms with Crippen molar-refractivity contribution in [2.75, 3.05) is 0 Å². The minimum Gasteiger partial charge on any atom is -0.388 e. The Balaban J connectivity index is 1.83. The predicted molar refractivity (Wildman–Crippen MR) is 77.8 cm³/mol. The Bertz CT molecular complexity index is 367. The van der Waals surface area contributed by atoms with E-state index in [-0.39, 0.29) is 12.0 Å². The fourth-order valence-corrected chi connectivity index (χ4v) is 3.25. The van der Waals surface area contributed by atoms with Gasteiger partial charge in [0.05, 0.1) is 6.10 Å². The zero-order valence-corrected chi connectivity index (χ0v) is 12.0. The summed E-state index contributed by atoms with van der Waals surface area (Å²) in [6, 6.07) is 0. The minimum atomic E-state index is -0.317. The van der Waals surface area contributed by atoms with Crippen LogP contribution in [0.15, 0.2) is 23.8 Å². The monoisotopic (exact) mass is 262 g/mol. The van der Waals surface area contributed by atoms with Crippen LogP contribution < -0.4 is 0 Å². The number of unbranched alkanes of at least 4 members (excludes halogenated alkanes) is 2. The second-order valence-electron chi connectivity index (χ2n) is 5.94. The van der Waals surface area contributed by atoms with Gasteiger partial charge in [0, 0.05) is 12.3 Å². The highest BCUT2D eigenvalue weighted by molar-refractivity contribution is 5.83. The van der Waals surface area contributed by atoms with Crippen LogP contribution in [0.5, 0.6) is 0 Å². The van der Waals surface area contributed by atoms with Crippen LogP contribution in [0.25, 0.3) is 0 Å². The molecule has 0 amide bonds. The number of ketones is 1. The molecule has 0 aromatic heterocycles. The van der Waals surface area contributed by atoms with Crippen LogP contribution >= 0.6 is 0 Å². The van der Waals surface area contributed by atoms with E-state index in [0.717, 1.165) is 44.1 Å². The fourth-order valence-electron chi connectivity index (χ4n) is 3.25. The minimum absolute atomic E-state index is 0.242. The standard InChI is InChI=1S/C17H26O2/c1-2-3-4-7-16(18)14-11-9-13(10-12-14)15-6-5-8-17(15)19/h9,11-13,15-16,18H,2-8,10H2,1H3. The lowest BCUT2D eigenvalue weighted by Gasteiger charge is -2.23. The number of aliphatic hydroxyl groups is 1. The first kappa shape index (κ1) is 14.5. The van der Waals surface area contributed by atoms with Gasteiger partial charge in [0.2, 0.25) is 0 Å². The smallest absolute Gasteiger partial charge is 0.136 e. The average molecular weight is 262 g/mol. The Kier molecular flexibility index (Phi) is 5.38. The third-order valence-electron chi connectivity index (χ3n) is 4.50. The molecule has 2 rings (SSSR count). The van der Waals surface area contributed by atoms with Crippen LogP contribution in [-0.4, -0.2) is 17.0 Å². The number of allylic oxidation sites excluding steroid dienone is 2. The molecule has 0 spiro atoms. The molecule has 2 aliphatic carbocycles. The maximum Gasteiger partial charge on any atom is 0.136 e. The van der Waals surface area contributed by atoms with Gasteiger partial charge in [0.1, 0.15) is 5.78 Å². The summed E-state index contributed by atoms with van der Waals surface area (Å²) in [4.78, 5) is 11.8. The molecule has 1 fully saturated rings. The molecule has 0 aromatic carbocycles. The number of aliphatic hydroxyl groups excluding tert-OH is 1. The summed E-state index contributed by atoms with van der Waals surface area (Å²) in [5.74, 6) is 1.06. The van der Waals surface area contributed by atoms with E-state index in [0.29, 0.717) is 11.7 Å². The van der Waals surface area contributed by atoms with Crippen molar-refractivity contribution in [2.24, 2.45) is 11.8 Å². The van der Waals surface area contributed by atoms with Gasteiger partial charge in [-0.2, -0.15) is 0 Å². The lowest BCUT2D eigenvalue weighted by molar-refractivity contribution is -0.121. The molecule has 0 heterocycles. The van der Waals surface area contributed by atoms with Crippen molar-refractivity contribution >= 4 is 5.78 Å². The van der Waals surface area contributed by atoms with Crippen molar-refractivity contribution in [3.63, 3.8) is 0 Å². The first-order chi connectivity index (χ1) is 9.22. The van der Waals surface area contributed by atoms with Crippen LogP contribution in [0.3, 0.4) is 0 Å². The molecule has 1 N–H and O–H groups in total. The summed E-state index contributed by atoms with van der Waals surface area (Å²) in [6.07, 6.45) is 14.2. The molecular formula is C17H26O2. The van der Waals surface area contributed by atoms with Crippen LogP contribution in [0, 0.1) is 11.8 Å². The molecule has 0 aliphatic heterocycles. The van der Waals surface area contributed by atoms with Crippen molar-refractivity contribution in [1.82, 2.24) is 0 Å². The van der Waals surface area contributed by atoms with Gasteiger partial charge in [0.15, 0.2) is 0 Å². The molecule has 3 atom stereocenters. The van der Waals surface area contributed by atoms with Gasteiger partial charge in [0.25, 0.3) is 0 Å². The molecule has 0 saturated heterocycles. The zero-order chi connectivity index (χ0) is 13.7. The maximum absolute atomic E-state index is 11.8. The number of carbonyl (C=O) groups excluding carboxylic acids is 1. The number of Topliss-reactive ketones (excluding diaryl/α,β-unsaturated/α-hetero) is 1. The topological polar surface area (TPSA) is 37.3 Å². The summed E-state index contributed by atoms with van der Waals surface area (Å²) in [5, 5.41) is 10.1. The summed E-state index contributed by atoms with van der Waals surface area (Å²) < 4.78 is 0. The SMILES string of the molecule is CCCCCC(O)C1=CCC(C2CCCC2=O)C=C1. The molecule has 2 nitrogen and oxygen atoms in total. The first-order valence-corrected chi connectivity index (χ1v) is 7.81. The molecule has 2 heteroatoms. The number of carbonyl (C=O) groups is 1. The molecule has 0 radical (unpaired) electrons. The number of hydrogen-bond acceptors (Lipinski definition) is 2. The molecule has 3 unspecified atom stereocenters. The summed E-state index contributed by atoms with van der Waals surface area (Å²) in [6.45, 7) is 2.18. The van der Waals surface area contributed by atoms with Gasteiger partial charge in [-0.25, -0.2) is 0 Å². The van der Waals surface area contributed by atoms with E-state index in [1.807, 2.05) is 0 Å². The largest absolute Gasteiger partial charge is 0.388 e. The number of rotatable bonds is 6. The van der Waals surface area contributed by atoms with Gasteiger partial charge in [-0.1, -0.05) is 44.4 Å². The van der Waals surface area contributed by atoms with Crippen LogP contribution in [-0.2, 0) is 4.79 Å². The Morgan fingerprint density at radius 2 is 2.26 bits per heavy atom. The molecule has 0 bridgehead atoms. The normalized spacial score (nSPS) is 28.5. The molecular weight excluding hydrogens is 236 g/mol. The van der Waals surface area contributed by atoms with E-state index in [1.54, 1.807) is 0 Å². The van der Waals surface area contributed by atoms with Gasteiger partial charge in [-0.3, -0.25) is 4.79 Å². The maximum atomic E-state index is 11.8. The van der Waals surface area contributed by atoms with E-state index < -0.39 is 0 Å². The summed E-state index contributed by atoms with van der Waals surface area (Å²) in [7, 11) is 0. The van der Waals surface area contributed by atoms with Crippen LogP contribution in [0.1, 0.15) is 58.3 Å². The number of hydrogen-bond donors (Lipinski definition) is 1. The Labute approximate surface area is 116 Å². The molecule has 0 aromatic rings. The lowest BCUT2D eigenvalue weighted by atomic mass is 9.82. The van der Waals surface area contributed by atoms with Crippen LogP contribution in [0.2, 0.25) is 0 Å². The van der Waals surface area contributed by atoms with Crippen molar-refractivity contribution in [3.8, 4) is 0 Å². The fraction of sp³-hybridized carbons (Fsp3) is 0.706. The van der Waals surface area contributed by atoms with E-state index in [2.05, 4.69) is 25.2 Å². The Hall–Kier alpha value is -0.890. The van der Waals surface area contributed by atoms with E-state index in [4.69, 9.17) is 0 Å². The van der Waals surface area contributed by atoms with Crippen molar-refractivity contribution in [2.45, 2.75) is 64.4 Å². The summed E-state index contributed by atoms with van der Waals surface area (Å²) >= 11 is 0. The third kappa shape index (κ3) is 3.79. The highest BCUT2D eigenvalue weighted by atomic mass is 16.3. The first-order valence-electron chi connectivity index (χ1n) is 7.81. The quantitative estimate of drug-likeness (QED) is 0.739. The molecule has 106 valence electrons. The third-order valence-corrected chi connectivity index (χ3v) is 4.50. The second-order valence-corrected chi connectivity index (χ2v) is 5.94. The summed E-state index contributed by atoms with van der Waals surface area (Å²) in [5.41, 5.74) is 1.05. The predicted octanol–water partition coefficient (Wildman–Crippen LogP) is 3.80. The molecule has 19 heavy (non-hydrogen) atoms. The highest BCUT2D eigenvalue weighted by Crippen LogP contribution is 2.34. The van der Waals surface area contributed by atoms with Gasteiger partial charge >= 0.3 is 0 Å². The van der Waals surface area contributed by atoms with Crippen LogP contribution in [0.4, 0.5) is 0 Å². The van der Waals surface area contributed by atoms with E-state index in [1.165, 1.54) is 12.8 Å². The van der Waals surface area contributed by atoms with Crippen molar-refractivity contribution < 1.29 is 9.90 Å². The van der Waals surface area contributed by atoms with Crippen molar-refractivity contribution in [3.05, 3.63) is 23.8 Å². The zero-order valence-electron chi connectivity index (χ0n) is 12.0. The van der Waals surface area contributed by atoms with Crippen molar-refractivity contribution in [1.29, 1.82) is 0 Å². The molecule has 1 saturated carbocycles.